The van der Waals surface area contributed by atoms with E-state index in [2.05, 4.69) is 29.6 Å². The van der Waals surface area contributed by atoms with Gasteiger partial charge in [-0.05, 0) is 49.1 Å². The molecular formula is C29H37N3O3. The molecule has 0 aliphatic carbocycles. The van der Waals surface area contributed by atoms with Crippen LogP contribution in [0.25, 0.3) is 0 Å². The molecule has 3 N–H and O–H groups in total. The van der Waals surface area contributed by atoms with Gasteiger partial charge in [0.2, 0.25) is 11.8 Å². The lowest BCUT2D eigenvalue weighted by Gasteiger charge is -2.22. The molecule has 3 aromatic rings. The average Bonchev–Trinajstić information content (AvgIpc) is 3.41. The summed E-state index contributed by atoms with van der Waals surface area (Å²) in [5.41, 5.74) is 8.02. The number of hydrogen-bond donors (Lipinski definition) is 2. The molecule has 0 saturated carbocycles. The molecule has 0 atom stereocenters. The van der Waals surface area contributed by atoms with E-state index in [-0.39, 0.29) is 24.2 Å². The molecular weight excluding hydrogens is 438 g/mol. The molecule has 3 rings (SSSR count). The number of furan rings is 1. The van der Waals surface area contributed by atoms with E-state index in [0.29, 0.717) is 38.4 Å². The molecule has 6 nitrogen and oxygen atoms in total. The first-order valence-corrected chi connectivity index (χ1v) is 12.5. The highest BCUT2D eigenvalue weighted by atomic mass is 16.3. The lowest BCUT2D eigenvalue weighted by molar-refractivity contribution is -0.133. The molecule has 0 aliphatic heterocycles. The maximum Gasteiger partial charge on any atom is 0.222 e. The number of rotatable bonds is 15. The first-order chi connectivity index (χ1) is 17.2. The fourth-order valence-electron chi connectivity index (χ4n) is 4.22. The largest absolute Gasteiger partial charge is 0.467 e. The SMILES string of the molecule is NCCCCCC(=O)N(CCC(=O)NCCC(c1ccccc1)c1ccccc1)Cc1ccco1. The zero-order valence-corrected chi connectivity index (χ0v) is 20.4. The predicted octanol–water partition coefficient (Wildman–Crippen LogP) is 4.86. The van der Waals surface area contributed by atoms with Crippen LogP contribution in [0, 0.1) is 0 Å². The summed E-state index contributed by atoms with van der Waals surface area (Å²) in [7, 11) is 0. The van der Waals surface area contributed by atoms with Crippen molar-refractivity contribution in [2.45, 2.75) is 51.0 Å². The Bertz CT molecular complexity index is 951. The van der Waals surface area contributed by atoms with Gasteiger partial charge < -0.3 is 20.4 Å². The zero-order valence-electron chi connectivity index (χ0n) is 20.4. The van der Waals surface area contributed by atoms with E-state index in [4.69, 9.17) is 10.2 Å². The molecule has 0 saturated heterocycles. The van der Waals surface area contributed by atoms with E-state index in [1.54, 1.807) is 11.2 Å². The van der Waals surface area contributed by atoms with Crippen LogP contribution in [0.5, 0.6) is 0 Å². The van der Waals surface area contributed by atoms with Gasteiger partial charge >= 0.3 is 0 Å². The Labute approximate surface area is 208 Å². The van der Waals surface area contributed by atoms with Gasteiger partial charge in [-0.25, -0.2) is 0 Å². The summed E-state index contributed by atoms with van der Waals surface area (Å²) in [6.07, 6.45) is 5.77. The van der Waals surface area contributed by atoms with Crippen LogP contribution in [0.15, 0.2) is 83.5 Å². The summed E-state index contributed by atoms with van der Waals surface area (Å²) in [5, 5.41) is 3.05. The van der Waals surface area contributed by atoms with Gasteiger partial charge in [0.15, 0.2) is 0 Å². The molecule has 2 aromatic carbocycles. The Kier molecular flexibility index (Phi) is 11.1. The molecule has 1 heterocycles. The maximum absolute atomic E-state index is 12.8. The molecule has 0 radical (unpaired) electrons. The van der Waals surface area contributed by atoms with Crippen molar-refractivity contribution in [2.24, 2.45) is 5.73 Å². The molecule has 2 amide bonds. The molecule has 0 fully saturated rings. The standard InChI is InChI=1S/C29H37N3O3/c30-19-9-3-8-16-29(34)32(23-26-15-10-22-35-26)21-18-28(33)31-20-17-27(24-11-4-1-5-12-24)25-13-6-2-7-14-25/h1-2,4-7,10-15,22,27H,3,8-9,16-21,23,30H2,(H,31,33). The van der Waals surface area contributed by atoms with Crippen LogP contribution in [0.3, 0.4) is 0 Å². The first-order valence-electron chi connectivity index (χ1n) is 12.5. The van der Waals surface area contributed by atoms with Gasteiger partial charge in [0.1, 0.15) is 5.76 Å². The highest BCUT2D eigenvalue weighted by Crippen LogP contribution is 2.27. The summed E-state index contributed by atoms with van der Waals surface area (Å²) in [4.78, 5) is 27.1. The van der Waals surface area contributed by atoms with Crippen LogP contribution >= 0.6 is 0 Å². The van der Waals surface area contributed by atoms with Crippen molar-refractivity contribution < 1.29 is 14.0 Å². The zero-order chi connectivity index (χ0) is 24.7. The number of hydrogen-bond acceptors (Lipinski definition) is 4. The quantitative estimate of drug-likeness (QED) is 0.307. The minimum atomic E-state index is -0.0507. The predicted molar refractivity (Wildman–Crippen MR) is 139 cm³/mol. The fourth-order valence-corrected chi connectivity index (χ4v) is 4.22. The van der Waals surface area contributed by atoms with Crippen LogP contribution in [0.4, 0.5) is 0 Å². The maximum atomic E-state index is 12.8. The Morgan fingerprint density at radius 2 is 1.54 bits per heavy atom. The highest BCUT2D eigenvalue weighted by molar-refractivity contribution is 5.79. The van der Waals surface area contributed by atoms with Crippen molar-refractivity contribution in [3.63, 3.8) is 0 Å². The van der Waals surface area contributed by atoms with Crippen LogP contribution < -0.4 is 11.1 Å². The number of nitrogens with one attached hydrogen (secondary N) is 1. The van der Waals surface area contributed by atoms with Gasteiger partial charge in [0.05, 0.1) is 12.8 Å². The topological polar surface area (TPSA) is 88.6 Å². The summed E-state index contributed by atoms with van der Waals surface area (Å²) in [6.45, 7) is 1.95. The number of nitrogens with two attached hydrogens (primary N) is 1. The van der Waals surface area contributed by atoms with E-state index in [1.807, 2.05) is 48.5 Å². The van der Waals surface area contributed by atoms with Crippen molar-refractivity contribution in [3.8, 4) is 0 Å². The smallest absolute Gasteiger partial charge is 0.222 e. The van der Waals surface area contributed by atoms with Crippen LogP contribution in [0.1, 0.15) is 61.3 Å². The Morgan fingerprint density at radius 3 is 2.14 bits per heavy atom. The van der Waals surface area contributed by atoms with E-state index in [9.17, 15) is 9.59 Å². The van der Waals surface area contributed by atoms with Crippen LogP contribution in [-0.4, -0.2) is 36.3 Å². The van der Waals surface area contributed by atoms with Crippen molar-refractivity contribution >= 4 is 11.8 Å². The average molecular weight is 476 g/mol. The number of carbonyl (C=O) groups excluding carboxylic acids is 2. The molecule has 186 valence electrons. The van der Waals surface area contributed by atoms with Gasteiger partial charge in [-0.15, -0.1) is 0 Å². The Morgan fingerprint density at radius 1 is 0.857 bits per heavy atom. The first kappa shape index (κ1) is 26.2. The second-order valence-corrected chi connectivity index (χ2v) is 8.76. The molecule has 0 bridgehead atoms. The minimum absolute atomic E-state index is 0.0411. The number of benzene rings is 2. The summed E-state index contributed by atoms with van der Waals surface area (Å²) in [5.74, 6) is 0.919. The summed E-state index contributed by atoms with van der Waals surface area (Å²) >= 11 is 0. The Balaban J connectivity index is 1.51. The third-order valence-electron chi connectivity index (χ3n) is 6.14. The number of carbonyl (C=O) groups is 2. The second kappa shape index (κ2) is 14.8. The van der Waals surface area contributed by atoms with E-state index < -0.39 is 0 Å². The third kappa shape index (κ3) is 9.06. The highest BCUT2D eigenvalue weighted by Gasteiger charge is 2.18. The monoisotopic (exact) mass is 475 g/mol. The van der Waals surface area contributed by atoms with E-state index in [1.165, 1.54) is 11.1 Å². The van der Waals surface area contributed by atoms with Crippen molar-refractivity contribution in [3.05, 3.63) is 95.9 Å². The number of nitrogens with zero attached hydrogens (tertiary/aromatic N) is 1. The van der Waals surface area contributed by atoms with Gasteiger partial charge in [0, 0.05) is 31.8 Å². The summed E-state index contributed by atoms with van der Waals surface area (Å²) < 4.78 is 5.43. The fraction of sp³-hybridized carbons (Fsp3) is 0.379. The number of unbranched alkanes of at least 4 members (excludes halogenated alkanes) is 2. The summed E-state index contributed by atoms with van der Waals surface area (Å²) in [6, 6.07) is 24.4. The lowest BCUT2D eigenvalue weighted by atomic mass is 9.88. The van der Waals surface area contributed by atoms with Gasteiger partial charge in [0.25, 0.3) is 0 Å². The molecule has 35 heavy (non-hydrogen) atoms. The number of amides is 2. The second-order valence-electron chi connectivity index (χ2n) is 8.76. The minimum Gasteiger partial charge on any atom is -0.467 e. The van der Waals surface area contributed by atoms with Gasteiger partial charge in [-0.2, -0.15) is 0 Å². The lowest BCUT2D eigenvalue weighted by Crippen LogP contribution is -2.35. The van der Waals surface area contributed by atoms with Crippen molar-refractivity contribution in [1.29, 1.82) is 0 Å². The van der Waals surface area contributed by atoms with Crippen molar-refractivity contribution in [1.82, 2.24) is 10.2 Å². The molecule has 0 spiro atoms. The third-order valence-corrected chi connectivity index (χ3v) is 6.14. The van der Waals surface area contributed by atoms with Gasteiger partial charge in [-0.3, -0.25) is 9.59 Å². The van der Waals surface area contributed by atoms with E-state index >= 15 is 0 Å². The Hall–Kier alpha value is -3.38. The van der Waals surface area contributed by atoms with Crippen molar-refractivity contribution in [2.75, 3.05) is 19.6 Å². The van der Waals surface area contributed by atoms with E-state index in [0.717, 1.165) is 25.7 Å². The normalized spacial score (nSPS) is 10.9. The molecule has 6 heteroatoms. The van der Waals surface area contributed by atoms with Crippen LogP contribution in [0.2, 0.25) is 0 Å². The molecule has 0 aliphatic rings. The molecule has 0 unspecified atom stereocenters. The van der Waals surface area contributed by atoms with Crippen LogP contribution in [-0.2, 0) is 16.1 Å². The van der Waals surface area contributed by atoms with Gasteiger partial charge in [-0.1, -0.05) is 67.1 Å². The molecule has 1 aromatic heterocycles.